The number of carbonyl (C=O) groups is 2. The van der Waals surface area contributed by atoms with Gasteiger partial charge in [0.05, 0.1) is 9.73 Å². The van der Waals surface area contributed by atoms with Crippen LogP contribution in [0.4, 0.5) is 4.79 Å². The summed E-state index contributed by atoms with van der Waals surface area (Å²) in [6.07, 6.45) is 1.08. The molecule has 1 heterocycles. The van der Waals surface area contributed by atoms with Gasteiger partial charge in [-0.15, -0.1) is 0 Å². The normalized spacial score (nSPS) is 25.6. The van der Waals surface area contributed by atoms with Crippen LogP contribution in [0.25, 0.3) is 0 Å². The molecule has 6 nitrogen and oxygen atoms in total. The first-order valence-electron chi connectivity index (χ1n) is 6.17. The molecule has 7 heteroatoms. The van der Waals surface area contributed by atoms with Crippen LogP contribution in [-0.2, 0) is 25.9 Å². The predicted octanol–water partition coefficient (Wildman–Crippen LogP) is 1.31. The van der Waals surface area contributed by atoms with E-state index in [-0.39, 0.29) is 6.61 Å². The lowest BCUT2D eigenvalue weighted by Crippen LogP contribution is -2.43. The molecule has 2 rings (SSSR count). The van der Waals surface area contributed by atoms with Crippen LogP contribution in [0.1, 0.15) is 12.0 Å². The van der Waals surface area contributed by atoms with Crippen LogP contribution < -0.4 is 5.32 Å². The number of hydrogen-bond acceptors (Lipinski definition) is 4. The third kappa shape index (κ3) is 4.06. The van der Waals surface area contributed by atoms with Gasteiger partial charge in [0.15, 0.2) is 0 Å². The number of ether oxygens (including phenoxy) is 1. The summed E-state index contributed by atoms with van der Waals surface area (Å²) >= 11 is 0. The largest absolute Gasteiger partial charge is 0.445 e. The molecule has 1 N–H and O–H groups in total. The van der Waals surface area contributed by atoms with Crippen LogP contribution in [0, 0.1) is 0 Å². The minimum Gasteiger partial charge on any atom is -0.445 e. The van der Waals surface area contributed by atoms with E-state index in [0.29, 0.717) is 12.2 Å². The summed E-state index contributed by atoms with van der Waals surface area (Å²) in [7, 11) is -2.42. The summed E-state index contributed by atoms with van der Waals surface area (Å²) in [4.78, 5) is 23.2. The molecule has 1 aliphatic rings. The topological polar surface area (TPSA) is 84.8 Å². The highest BCUT2D eigenvalue weighted by Crippen LogP contribution is 2.10. The minimum absolute atomic E-state index is 0.134. The van der Waals surface area contributed by atoms with E-state index >= 15 is 0 Å². The standard InChI is InChI=1S/C13H16N2O4S/c1-20(18)8-7-11(12(16)15-20)14-13(17)19-9-10-5-3-2-4-6-10/h2-6,11H,7-9H2,1H3,(H,14,17). The third-order valence-electron chi connectivity index (χ3n) is 2.87. The zero-order chi connectivity index (χ0) is 14.6. The zero-order valence-corrected chi connectivity index (χ0v) is 11.9. The van der Waals surface area contributed by atoms with E-state index in [1.165, 1.54) is 6.26 Å². The van der Waals surface area contributed by atoms with Crippen molar-refractivity contribution in [3.63, 3.8) is 0 Å². The maximum atomic E-state index is 11.6. The Balaban J connectivity index is 1.85. The van der Waals surface area contributed by atoms with Crippen molar-refractivity contribution in [1.82, 2.24) is 5.32 Å². The summed E-state index contributed by atoms with van der Waals surface area (Å²) in [6.45, 7) is 0.134. The predicted molar refractivity (Wildman–Crippen MR) is 74.5 cm³/mol. The first-order chi connectivity index (χ1) is 9.46. The van der Waals surface area contributed by atoms with Crippen molar-refractivity contribution in [3.8, 4) is 0 Å². The van der Waals surface area contributed by atoms with Gasteiger partial charge < -0.3 is 10.1 Å². The molecule has 0 spiro atoms. The smallest absolute Gasteiger partial charge is 0.408 e. The molecule has 2 atom stereocenters. The van der Waals surface area contributed by atoms with Crippen molar-refractivity contribution >= 4 is 21.7 Å². The summed E-state index contributed by atoms with van der Waals surface area (Å²) in [5.41, 5.74) is 0.860. The average molecular weight is 296 g/mol. The van der Waals surface area contributed by atoms with Crippen molar-refractivity contribution in [3.05, 3.63) is 35.9 Å². The Morgan fingerprint density at radius 3 is 2.80 bits per heavy atom. The SMILES string of the molecule is CS1(=O)=NC(=O)C(NC(=O)OCc2ccccc2)CC1. The van der Waals surface area contributed by atoms with Gasteiger partial charge in [-0.1, -0.05) is 30.3 Å². The molecule has 0 saturated heterocycles. The van der Waals surface area contributed by atoms with Gasteiger partial charge in [-0.25, -0.2) is 9.00 Å². The van der Waals surface area contributed by atoms with E-state index in [4.69, 9.17) is 4.74 Å². The Bertz CT molecular complexity index is 621. The van der Waals surface area contributed by atoms with Crippen molar-refractivity contribution in [2.24, 2.45) is 4.36 Å². The van der Waals surface area contributed by atoms with Gasteiger partial charge in [-0.3, -0.25) is 4.79 Å². The van der Waals surface area contributed by atoms with Gasteiger partial charge in [0.25, 0.3) is 5.91 Å². The Morgan fingerprint density at radius 1 is 1.45 bits per heavy atom. The maximum absolute atomic E-state index is 11.6. The number of nitrogens with one attached hydrogen (secondary N) is 1. The van der Waals surface area contributed by atoms with Gasteiger partial charge in [0.1, 0.15) is 12.6 Å². The number of hydrogen-bond donors (Lipinski definition) is 1. The number of benzene rings is 1. The Labute approximate surface area is 117 Å². The van der Waals surface area contributed by atoms with Gasteiger partial charge in [0.2, 0.25) is 0 Å². The molecule has 2 amide bonds. The quantitative estimate of drug-likeness (QED) is 0.911. The van der Waals surface area contributed by atoms with Crippen LogP contribution in [-0.4, -0.2) is 34.3 Å². The molecular weight excluding hydrogens is 280 g/mol. The van der Waals surface area contributed by atoms with E-state index < -0.39 is 27.8 Å². The zero-order valence-electron chi connectivity index (χ0n) is 11.1. The molecule has 0 bridgehead atoms. The second-order valence-corrected chi connectivity index (χ2v) is 7.15. The first kappa shape index (κ1) is 14.5. The molecule has 0 aliphatic carbocycles. The van der Waals surface area contributed by atoms with Crippen LogP contribution in [0.15, 0.2) is 34.7 Å². The summed E-state index contributed by atoms with van der Waals surface area (Å²) in [5.74, 6) is -0.261. The second kappa shape index (κ2) is 6.04. The maximum Gasteiger partial charge on any atom is 0.408 e. The molecule has 1 aliphatic heterocycles. The molecule has 1 aromatic rings. The molecule has 0 saturated carbocycles. The molecule has 20 heavy (non-hydrogen) atoms. The highest BCUT2D eigenvalue weighted by atomic mass is 32.2. The fraction of sp³-hybridized carbons (Fsp3) is 0.385. The summed E-state index contributed by atoms with van der Waals surface area (Å²) < 4.78 is 20.2. The molecular formula is C13H16N2O4S. The summed E-state index contributed by atoms with van der Waals surface area (Å²) in [6, 6.07) is 8.48. The Morgan fingerprint density at radius 2 is 2.15 bits per heavy atom. The minimum atomic E-state index is -2.42. The Hall–Kier alpha value is -1.89. The van der Waals surface area contributed by atoms with Gasteiger partial charge >= 0.3 is 6.09 Å². The average Bonchev–Trinajstić information content (AvgIpc) is 2.40. The molecule has 0 aromatic heterocycles. The fourth-order valence-electron chi connectivity index (χ4n) is 1.80. The lowest BCUT2D eigenvalue weighted by atomic mass is 10.2. The van der Waals surface area contributed by atoms with Crippen LogP contribution >= 0.6 is 0 Å². The molecule has 2 unspecified atom stereocenters. The van der Waals surface area contributed by atoms with Crippen LogP contribution in [0.5, 0.6) is 0 Å². The number of rotatable bonds is 3. The molecule has 0 radical (unpaired) electrons. The van der Waals surface area contributed by atoms with Crippen molar-refractivity contribution in [1.29, 1.82) is 0 Å². The van der Waals surface area contributed by atoms with E-state index in [9.17, 15) is 13.8 Å². The first-order valence-corrected chi connectivity index (χ1v) is 8.26. The third-order valence-corrected chi connectivity index (χ3v) is 4.43. The lowest BCUT2D eigenvalue weighted by Gasteiger charge is -2.19. The van der Waals surface area contributed by atoms with Crippen molar-refractivity contribution in [2.45, 2.75) is 19.1 Å². The van der Waals surface area contributed by atoms with Gasteiger partial charge in [-0.2, -0.15) is 4.36 Å². The highest BCUT2D eigenvalue weighted by molar-refractivity contribution is 7.93. The van der Waals surface area contributed by atoms with Crippen LogP contribution in [0.3, 0.4) is 0 Å². The monoisotopic (exact) mass is 296 g/mol. The van der Waals surface area contributed by atoms with Crippen LogP contribution in [0.2, 0.25) is 0 Å². The number of carbonyl (C=O) groups excluding carboxylic acids is 2. The molecule has 108 valence electrons. The van der Waals surface area contributed by atoms with E-state index in [1.807, 2.05) is 30.3 Å². The second-order valence-electron chi connectivity index (χ2n) is 4.64. The fourth-order valence-corrected chi connectivity index (χ4v) is 3.07. The van der Waals surface area contributed by atoms with E-state index in [1.54, 1.807) is 0 Å². The molecule has 1 aromatic carbocycles. The Kier molecular flexibility index (Phi) is 4.39. The van der Waals surface area contributed by atoms with Gasteiger partial charge in [-0.05, 0) is 12.0 Å². The van der Waals surface area contributed by atoms with E-state index in [2.05, 4.69) is 9.68 Å². The highest BCUT2D eigenvalue weighted by Gasteiger charge is 2.27. The van der Waals surface area contributed by atoms with Gasteiger partial charge in [0, 0.05) is 12.0 Å². The lowest BCUT2D eigenvalue weighted by molar-refractivity contribution is -0.119. The molecule has 0 fully saturated rings. The van der Waals surface area contributed by atoms with E-state index in [0.717, 1.165) is 5.56 Å². The number of alkyl carbamates (subject to hydrolysis) is 1. The number of nitrogens with zero attached hydrogens (tertiary/aromatic N) is 1. The number of amides is 2. The van der Waals surface area contributed by atoms with Crippen molar-refractivity contribution < 1.29 is 18.5 Å². The summed E-state index contributed by atoms with van der Waals surface area (Å²) in [5, 5.41) is 2.45. The van der Waals surface area contributed by atoms with Crippen molar-refractivity contribution in [2.75, 3.05) is 12.0 Å².